The van der Waals surface area contributed by atoms with E-state index in [0.29, 0.717) is 30.7 Å². The van der Waals surface area contributed by atoms with Crippen molar-refractivity contribution in [1.82, 2.24) is 9.97 Å². The Balaban J connectivity index is 0.00000341. The molecule has 3 N–H and O–H groups in total. The molecule has 31 heavy (non-hydrogen) atoms. The van der Waals surface area contributed by atoms with Crippen LogP contribution in [-0.4, -0.2) is 9.97 Å². The molecule has 0 fully saturated rings. The number of unbranched alkanes of at least 4 members (excludes halogenated alkanes) is 1. The van der Waals surface area contributed by atoms with Gasteiger partial charge in [0, 0.05) is 18.5 Å². The number of fused-ring (bicyclic) bond motifs is 1. The maximum absolute atomic E-state index is 13.7. The molecule has 3 aromatic rings. The van der Waals surface area contributed by atoms with E-state index in [1.165, 1.54) is 18.2 Å². The van der Waals surface area contributed by atoms with Crippen LogP contribution in [0.3, 0.4) is 0 Å². The standard InChI is InChI=1S/C21H20BrF4N3O.ClH/c1-11(27)12-6-4-7-15(21(24,25)26)13(12)5-2-3-8-19-28-18-10-17(23)16(22)9-14(18)20(30)29-19;/h4,6-7,9-11H,2-3,5,8,27H2,1H3,(H,28,29,30);1H/t11-;/m1./s1. The average Bonchev–Trinajstić information content (AvgIpc) is 2.66. The summed E-state index contributed by atoms with van der Waals surface area (Å²) in [6.07, 6.45) is -2.96. The van der Waals surface area contributed by atoms with Crippen LogP contribution in [0.1, 0.15) is 48.3 Å². The van der Waals surface area contributed by atoms with Crippen molar-refractivity contribution in [3.63, 3.8) is 0 Å². The number of nitrogens with zero attached hydrogens (tertiary/aromatic N) is 1. The summed E-state index contributed by atoms with van der Waals surface area (Å²) in [5.74, 6) is -0.163. The van der Waals surface area contributed by atoms with Gasteiger partial charge in [0.1, 0.15) is 11.6 Å². The largest absolute Gasteiger partial charge is 0.416 e. The second kappa shape index (κ2) is 10.1. The SMILES string of the molecule is C[C@@H](N)c1cccc(C(F)(F)F)c1CCCCc1nc2cc(F)c(Br)cc2c(=O)[nH]1.Cl. The highest BCUT2D eigenvalue weighted by Gasteiger charge is 2.34. The van der Waals surface area contributed by atoms with Gasteiger partial charge in [-0.05, 0) is 65.4 Å². The lowest BCUT2D eigenvalue weighted by molar-refractivity contribution is -0.138. The van der Waals surface area contributed by atoms with Crippen LogP contribution < -0.4 is 11.3 Å². The van der Waals surface area contributed by atoms with E-state index in [-0.39, 0.29) is 39.8 Å². The number of hydrogen-bond donors (Lipinski definition) is 2. The van der Waals surface area contributed by atoms with Crippen LogP contribution in [0, 0.1) is 5.82 Å². The molecular weight excluding hydrogens is 502 g/mol. The summed E-state index contributed by atoms with van der Waals surface area (Å²) in [7, 11) is 0. The molecule has 1 atom stereocenters. The predicted molar refractivity (Wildman–Crippen MR) is 118 cm³/mol. The Morgan fingerprint density at radius 1 is 1.19 bits per heavy atom. The molecule has 2 aromatic carbocycles. The number of benzene rings is 2. The number of rotatable bonds is 6. The van der Waals surface area contributed by atoms with Gasteiger partial charge in [0.2, 0.25) is 0 Å². The third-order valence-corrected chi connectivity index (χ3v) is 5.50. The third-order valence-electron chi connectivity index (χ3n) is 4.90. The van der Waals surface area contributed by atoms with Crippen molar-refractivity contribution in [3.05, 3.63) is 73.5 Å². The van der Waals surface area contributed by atoms with E-state index in [4.69, 9.17) is 5.73 Å². The van der Waals surface area contributed by atoms with Crippen LogP contribution in [0.2, 0.25) is 0 Å². The molecule has 0 aliphatic heterocycles. The molecule has 0 saturated heterocycles. The van der Waals surface area contributed by atoms with Crippen LogP contribution >= 0.6 is 28.3 Å². The van der Waals surface area contributed by atoms with E-state index in [0.717, 1.165) is 6.07 Å². The molecule has 0 radical (unpaired) electrons. The van der Waals surface area contributed by atoms with Crippen LogP contribution in [-0.2, 0) is 19.0 Å². The lowest BCUT2D eigenvalue weighted by Crippen LogP contribution is -2.16. The summed E-state index contributed by atoms with van der Waals surface area (Å²) in [4.78, 5) is 19.1. The fourth-order valence-electron chi connectivity index (χ4n) is 3.47. The summed E-state index contributed by atoms with van der Waals surface area (Å²) < 4.78 is 54.1. The van der Waals surface area contributed by atoms with Crippen LogP contribution in [0.25, 0.3) is 10.9 Å². The van der Waals surface area contributed by atoms with Gasteiger partial charge in [-0.2, -0.15) is 13.2 Å². The Kier molecular flexibility index (Phi) is 8.24. The lowest BCUT2D eigenvalue weighted by Gasteiger charge is -2.19. The Morgan fingerprint density at radius 3 is 2.52 bits per heavy atom. The first-order valence-corrected chi connectivity index (χ1v) is 10.2. The second-order valence-corrected chi connectivity index (χ2v) is 8.02. The molecule has 0 spiro atoms. The zero-order chi connectivity index (χ0) is 22.1. The van der Waals surface area contributed by atoms with E-state index in [2.05, 4.69) is 25.9 Å². The monoisotopic (exact) mass is 521 g/mol. The summed E-state index contributed by atoms with van der Waals surface area (Å²) in [5.41, 5.74) is 5.71. The Hall–Kier alpha value is -1.97. The van der Waals surface area contributed by atoms with Crippen LogP contribution in [0.5, 0.6) is 0 Å². The second-order valence-electron chi connectivity index (χ2n) is 7.16. The number of nitrogens with one attached hydrogen (secondary N) is 1. The van der Waals surface area contributed by atoms with Gasteiger partial charge in [-0.15, -0.1) is 12.4 Å². The van der Waals surface area contributed by atoms with Gasteiger partial charge in [0.05, 0.1) is 20.9 Å². The van der Waals surface area contributed by atoms with E-state index in [1.807, 2.05) is 0 Å². The van der Waals surface area contributed by atoms with Gasteiger partial charge in [0.25, 0.3) is 5.56 Å². The number of nitrogens with two attached hydrogens (primary N) is 1. The number of hydrogen-bond acceptors (Lipinski definition) is 3. The van der Waals surface area contributed by atoms with Gasteiger partial charge in [-0.25, -0.2) is 9.37 Å². The minimum Gasteiger partial charge on any atom is -0.324 e. The molecule has 1 aromatic heterocycles. The Morgan fingerprint density at radius 2 is 1.87 bits per heavy atom. The van der Waals surface area contributed by atoms with Gasteiger partial charge >= 0.3 is 6.18 Å². The molecule has 0 aliphatic carbocycles. The number of H-pyrrole nitrogens is 1. The van der Waals surface area contributed by atoms with Crippen molar-refractivity contribution in [2.75, 3.05) is 0 Å². The normalized spacial score (nSPS) is 12.6. The smallest absolute Gasteiger partial charge is 0.324 e. The number of aromatic amines is 1. The lowest BCUT2D eigenvalue weighted by atomic mass is 9.92. The van der Waals surface area contributed by atoms with Crippen LogP contribution in [0.4, 0.5) is 17.6 Å². The Bertz CT molecular complexity index is 1130. The molecule has 4 nitrogen and oxygen atoms in total. The summed E-state index contributed by atoms with van der Waals surface area (Å²) in [6.45, 7) is 1.65. The number of halogens is 6. The first-order chi connectivity index (χ1) is 14.1. The van der Waals surface area contributed by atoms with Gasteiger partial charge < -0.3 is 10.7 Å². The summed E-state index contributed by atoms with van der Waals surface area (Å²) in [6, 6.07) is 6.07. The highest BCUT2D eigenvalue weighted by atomic mass is 79.9. The molecular formula is C21H21BrClF4N3O. The van der Waals surface area contributed by atoms with Crippen molar-refractivity contribution in [3.8, 4) is 0 Å². The van der Waals surface area contributed by atoms with Crippen molar-refractivity contribution in [1.29, 1.82) is 0 Å². The Labute approximate surface area is 190 Å². The zero-order valence-corrected chi connectivity index (χ0v) is 18.9. The number of alkyl halides is 3. The fourth-order valence-corrected chi connectivity index (χ4v) is 3.81. The quantitative estimate of drug-likeness (QED) is 0.315. The summed E-state index contributed by atoms with van der Waals surface area (Å²) >= 11 is 3.03. The molecule has 0 saturated carbocycles. The van der Waals surface area contributed by atoms with Gasteiger partial charge in [0.15, 0.2) is 0 Å². The van der Waals surface area contributed by atoms with E-state index < -0.39 is 29.2 Å². The van der Waals surface area contributed by atoms with E-state index in [1.54, 1.807) is 13.0 Å². The van der Waals surface area contributed by atoms with E-state index in [9.17, 15) is 22.4 Å². The molecule has 0 amide bonds. The van der Waals surface area contributed by atoms with Crippen molar-refractivity contribution in [2.24, 2.45) is 5.73 Å². The minimum absolute atomic E-state index is 0. The van der Waals surface area contributed by atoms with Crippen LogP contribution in [0.15, 0.2) is 39.6 Å². The number of aromatic nitrogens is 2. The van der Waals surface area contributed by atoms with Crippen molar-refractivity contribution in [2.45, 2.75) is 44.8 Å². The first kappa shape index (κ1) is 25.3. The van der Waals surface area contributed by atoms with Crippen molar-refractivity contribution < 1.29 is 17.6 Å². The highest BCUT2D eigenvalue weighted by Crippen LogP contribution is 2.35. The molecule has 3 rings (SSSR count). The van der Waals surface area contributed by atoms with Gasteiger partial charge in [-0.3, -0.25) is 4.79 Å². The maximum Gasteiger partial charge on any atom is 0.416 e. The molecule has 0 aliphatic rings. The molecule has 168 valence electrons. The fraction of sp³-hybridized carbons (Fsp3) is 0.333. The topological polar surface area (TPSA) is 71.8 Å². The minimum atomic E-state index is -4.45. The molecule has 10 heteroatoms. The summed E-state index contributed by atoms with van der Waals surface area (Å²) in [5, 5.41) is 0.257. The molecule has 0 bridgehead atoms. The van der Waals surface area contributed by atoms with Gasteiger partial charge in [-0.1, -0.05) is 12.1 Å². The number of aryl methyl sites for hydroxylation is 1. The predicted octanol–water partition coefficient (Wildman–Crippen LogP) is 5.85. The van der Waals surface area contributed by atoms with E-state index >= 15 is 0 Å². The zero-order valence-electron chi connectivity index (χ0n) is 16.5. The molecule has 1 heterocycles. The van der Waals surface area contributed by atoms with Crippen molar-refractivity contribution >= 4 is 39.2 Å². The third kappa shape index (κ3) is 5.84. The highest BCUT2D eigenvalue weighted by molar-refractivity contribution is 9.10. The average molecular weight is 523 g/mol. The maximum atomic E-state index is 13.7. The first-order valence-electron chi connectivity index (χ1n) is 9.40. The molecule has 0 unspecified atom stereocenters.